The predicted octanol–water partition coefficient (Wildman–Crippen LogP) is 2.23. The molecule has 0 unspecified atom stereocenters. The highest BCUT2D eigenvalue weighted by molar-refractivity contribution is 5.95. The summed E-state index contributed by atoms with van der Waals surface area (Å²) in [7, 11) is 0. The van der Waals surface area contributed by atoms with E-state index in [2.05, 4.69) is 10.6 Å². The molecule has 112 valence electrons. The highest BCUT2D eigenvalue weighted by Crippen LogP contribution is 2.17. The summed E-state index contributed by atoms with van der Waals surface area (Å²) in [6.45, 7) is 4.68. The van der Waals surface area contributed by atoms with Crippen LogP contribution in [0.25, 0.3) is 0 Å². The lowest BCUT2D eigenvalue weighted by Gasteiger charge is -2.08. The molecule has 0 spiro atoms. The van der Waals surface area contributed by atoms with E-state index in [0.717, 1.165) is 22.8 Å². The van der Waals surface area contributed by atoms with Gasteiger partial charge in [-0.3, -0.25) is 4.79 Å². The van der Waals surface area contributed by atoms with Crippen molar-refractivity contribution in [2.45, 2.75) is 20.4 Å². The van der Waals surface area contributed by atoms with Crippen LogP contribution in [0.5, 0.6) is 0 Å². The zero-order chi connectivity index (χ0) is 15.2. The number of hydrogen-bond acceptors (Lipinski definition) is 4. The number of aryl methyl sites for hydroxylation is 2. The fourth-order valence-electron chi connectivity index (χ4n) is 2.10. The molecule has 3 N–H and O–H groups in total. The topological polar surface area (TPSA) is 74.5 Å². The van der Waals surface area contributed by atoms with Crippen LogP contribution < -0.4 is 10.6 Å². The number of carbonyl (C=O) groups excluding carboxylic acids is 1. The molecule has 0 aliphatic heterocycles. The SMILES string of the molecule is Cc1cc(CNc2cccc(C(=O)NCCO)c2)c(C)o1. The molecule has 0 saturated heterocycles. The Labute approximate surface area is 124 Å². The number of aliphatic hydroxyl groups excluding tert-OH is 1. The lowest BCUT2D eigenvalue weighted by molar-refractivity contribution is 0.0945. The van der Waals surface area contributed by atoms with Gasteiger partial charge in [0.05, 0.1) is 6.61 Å². The Kier molecular flexibility index (Phi) is 5.00. The fourth-order valence-corrected chi connectivity index (χ4v) is 2.10. The first kappa shape index (κ1) is 15.1. The van der Waals surface area contributed by atoms with E-state index in [1.54, 1.807) is 12.1 Å². The molecule has 1 aromatic heterocycles. The average Bonchev–Trinajstić information content (AvgIpc) is 2.81. The quantitative estimate of drug-likeness (QED) is 0.762. The van der Waals surface area contributed by atoms with Crippen LogP contribution in [0.3, 0.4) is 0 Å². The first-order chi connectivity index (χ1) is 10.1. The summed E-state index contributed by atoms with van der Waals surface area (Å²) in [5, 5.41) is 14.6. The third kappa shape index (κ3) is 4.10. The summed E-state index contributed by atoms with van der Waals surface area (Å²) < 4.78 is 5.48. The summed E-state index contributed by atoms with van der Waals surface area (Å²) in [4.78, 5) is 11.8. The second-order valence-corrected chi connectivity index (χ2v) is 4.85. The van der Waals surface area contributed by atoms with E-state index >= 15 is 0 Å². The number of nitrogens with one attached hydrogen (secondary N) is 2. The van der Waals surface area contributed by atoms with Gasteiger partial charge in [-0.15, -0.1) is 0 Å². The molecular weight excluding hydrogens is 268 g/mol. The monoisotopic (exact) mass is 288 g/mol. The van der Waals surface area contributed by atoms with Crippen LogP contribution in [0, 0.1) is 13.8 Å². The van der Waals surface area contributed by atoms with Gasteiger partial charge < -0.3 is 20.2 Å². The molecule has 5 heteroatoms. The van der Waals surface area contributed by atoms with Crippen LogP contribution in [0.4, 0.5) is 5.69 Å². The van der Waals surface area contributed by atoms with Gasteiger partial charge in [0.15, 0.2) is 0 Å². The van der Waals surface area contributed by atoms with Crippen molar-refractivity contribution in [2.75, 3.05) is 18.5 Å². The normalized spacial score (nSPS) is 10.4. The van der Waals surface area contributed by atoms with E-state index in [1.165, 1.54) is 0 Å². The summed E-state index contributed by atoms with van der Waals surface area (Å²) in [5.74, 6) is 1.60. The third-order valence-corrected chi connectivity index (χ3v) is 3.15. The number of furan rings is 1. The second kappa shape index (κ2) is 6.95. The average molecular weight is 288 g/mol. The molecule has 0 atom stereocenters. The number of carbonyl (C=O) groups is 1. The lowest BCUT2D eigenvalue weighted by atomic mass is 10.1. The van der Waals surface area contributed by atoms with E-state index in [9.17, 15) is 4.79 Å². The van der Waals surface area contributed by atoms with Crippen LogP contribution in [0.2, 0.25) is 0 Å². The third-order valence-electron chi connectivity index (χ3n) is 3.15. The molecule has 0 radical (unpaired) electrons. The molecule has 0 aliphatic carbocycles. The molecule has 0 aliphatic rings. The minimum Gasteiger partial charge on any atom is -0.466 e. The number of benzene rings is 1. The molecule has 1 amide bonds. The van der Waals surface area contributed by atoms with Crippen molar-refractivity contribution in [1.82, 2.24) is 5.32 Å². The molecule has 1 aromatic carbocycles. The summed E-state index contributed by atoms with van der Waals surface area (Å²) in [5.41, 5.74) is 2.53. The van der Waals surface area contributed by atoms with Crippen LogP contribution in [-0.2, 0) is 6.54 Å². The van der Waals surface area contributed by atoms with E-state index in [-0.39, 0.29) is 19.1 Å². The van der Waals surface area contributed by atoms with Gasteiger partial charge in [0, 0.05) is 29.9 Å². The first-order valence-corrected chi connectivity index (χ1v) is 6.89. The lowest BCUT2D eigenvalue weighted by Crippen LogP contribution is -2.26. The maximum Gasteiger partial charge on any atom is 0.251 e. The zero-order valence-corrected chi connectivity index (χ0v) is 12.3. The van der Waals surface area contributed by atoms with Crippen molar-refractivity contribution in [3.63, 3.8) is 0 Å². The van der Waals surface area contributed by atoms with E-state index in [1.807, 2.05) is 32.0 Å². The highest BCUT2D eigenvalue weighted by Gasteiger charge is 2.07. The zero-order valence-electron chi connectivity index (χ0n) is 12.3. The van der Waals surface area contributed by atoms with Gasteiger partial charge in [-0.05, 0) is 38.1 Å². The summed E-state index contributed by atoms with van der Waals surface area (Å²) in [6.07, 6.45) is 0. The van der Waals surface area contributed by atoms with E-state index in [4.69, 9.17) is 9.52 Å². The minimum absolute atomic E-state index is 0.0667. The highest BCUT2D eigenvalue weighted by atomic mass is 16.3. The second-order valence-electron chi connectivity index (χ2n) is 4.85. The van der Waals surface area contributed by atoms with E-state index < -0.39 is 0 Å². The van der Waals surface area contributed by atoms with Gasteiger partial charge in [-0.25, -0.2) is 0 Å². The minimum atomic E-state index is -0.192. The van der Waals surface area contributed by atoms with Crippen molar-refractivity contribution in [1.29, 1.82) is 0 Å². The van der Waals surface area contributed by atoms with Crippen LogP contribution >= 0.6 is 0 Å². The number of hydrogen-bond donors (Lipinski definition) is 3. The van der Waals surface area contributed by atoms with Crippen LogP contribution in [0.1, 0.15) is 27.4 Å². The molecule has 2 aromatic rings. The van der Waals surface area contributed by atoms with Crippen molar-refractivity contribution in [3.8, 4) is 0 Å². The molecule has 5 nitrogen and oxygen atoms in total. The molecular formula is C16H20N2O3. The van der Waals surface area contributed by atoms with Gasteiger partial charge in [0.25, 0.3) is 5.91 Å². The molecule has 1 heterocycles. The number of anilines is 1. The molecule has 0 fully saturated rings. The summed E-state index contributed by atoms with van der Waals surface area (Å²) in [6, 6.07) is 9.26. The van der Waals surface area contributed by atoms with Crippen molar-refractivity contribution in [2.24, 2.45) is 0 Å². The Balaban J connectivity index is 2.01. The molecule has 0 saturated carbocycles. The van der Waals surface area contributed by atoms with E-state index in [0.29, 0.717) is 12.1 Å². The van der Waals surface area contributed by atoms with Gasteiger partial charge in [0.2, 0.25) is 0 Å². The Bertz CT molecular complexity index is 620. The van der Waals surface area contributed by atoms with Crippen LogP contribution in [0.15, 0.2) is 34.7 Å². The Morgan fingerprint density at radius 3 is 2.76 bits per heavy atom. The number of amides is 1. The first-order valence-electron chi connectivity index (χ1n) is 6.89. The van der Waals surface area contributed by atoms with Gasteiger partial charge in [-0.1, -0.05) is 6.07 Å². The Hall–Kier alpha value is -2.27. The van der Waals surface area contributed by atoms with Crippen molar-refractivity contribution < 1.29 is 14.3 Å². The standard InChI is InChI=1S/C16H20N2O3/c1-11-8-14(12(2)21-11)10-18-15-5-3-4-13(9-15)16(20)17-6-7-19/h3-5,8-9,18-19H,6-7,10H2,1-2H3,(H,17,20). The van der Waals surface area contributed by atoms with Gasteiger partial charge in [-0.2, -0.15) is 0 Å². The van der Waals surface area contributed by atoms with Gasteiger partial charge in [0.1, 0.15) is 11.5 Å². The Morgan fingerprint density at radius 1 is 1.29 bits per heavy atom. The van der Waals surface area contributed by atoms with Crippen molar-refractivity contribution in [3.05, 3.63) is 53.0 Å². The molecule has 0 bridgehead atoms. The predicted molar refractivity (Wildman–Crippen MR) is 81.4 cm³/mol. The number of rotatable bonds is 6. The smallest absolute Gasteiger partial charge is 0.251 e. The number of aliphatic hydroxyl groups is 1. The molecule has 21 heavy (non-hydrogen) atoms. The largest absolute Gasteiger partial charge is 0.466 e. The van der Waals surface area contributed by atoms with Crippen LogP contribution in [-0.4, -0.2) is 24.2 Å². The van der Waals surface area contributed by atoms with Gasteiger partial charge >= 0.3 is 0 Å². The maximum absolute atomic E-state index is 11.8. The summed E-state index contributed by atoms with van der Waals surface area (Å²) >= 11 is 0. The maximum atomic E-state index is 11.8. The molecule has 2 rings (SSSR count). The fraction of sp³-hybridized carbons (Fsp3) is 0.312. The Morgan fingerprint density at radius 2 is 2.10 bits per heavy atom. The van der Waals surface area contributed by atoms with Crippen molar-refractivity contribution >= 4 is 11.6 Å².